The first-order valence-corrected chi connectivity index (χ1v) is 10.9. The second kappa shape index (κ2) is 8.89. The highest BCUT2D eigenvalue weighted by Gasteiger charge is 2.24. The van der Waals surface area contributed by atoms with Crippen molar-refractivity contribution in [3.05, 3.63) is 59.4 Å². The fourth-order valence-corrected chi connectivity index (χ4v) is 4.17. The molecular weight excluding hydrogens is 422 g/mol. The summed E-state index contributed by atoms with van der Waals surface area (Å²) in [6.07, 6.45) is 2.96. The second-order valence-electron chi connectivity index (χ2n) is 6.92. The second-order valence-corrected chi connectivity index (χ2v) is 8.27. The first-order valence-electron chi connectivity index (χ1n) is 9.51. The lowest BCUT2D eigenvalue weighted by molar-refractivity contribution is -0.117. The number of hydrogen-bond donors (Lipinski definition) is 1. The molecule has 0 aliphatic carbocycles. The minimum atomic E-state index is -0.185. The van der Waals surface area contributed by atoms with Gasteiger partial charge in [-0.2, -0.15) is 0 Å². The van der Waals surface area contributed by atoms with Crippen LogP contribution in [0, 0.1) is 6.92 Å². The molecule has 2 heterocycles. The smallest absolute Gasteiger partial charge is 0.234 e. The summed E-state index contributed by atoms with van der Waals surface area (Å²) in [6.45, 7) is 2.61. The highest BCUT2D eigenvalue weighted by molar-refractivity contribution is 7.99. The molecule has 4 rings (SSSR count). The van der Waals surface area contributed by atoms with E-state index in [9.17, 15) is 9.59 Å². The van der Waals surface area contributed by atoms with Gasteiger partial charge >= 0.3 is 0 Å². The zero-order valence-corrected chi connectivity index (χ0v) is 17.9. The number of thioether (sulfide) groups is 1. The van der Waals surface area contributed by atoms with E-state index in [0.717, 1.165) is 23.4 Å². The Kier molecular flexibility index (Phi) is 6.06. The van der Waals surface area contributed by atoms with Crippen LogP contribution in [-0.4, -0.2) is 38.9 Å². The molecule has 0 radical (unpaired) electrons. The highest BCUT2D eigenvalue weighted by Crippen LogP contribution is 2.30. The van der Waals surface area contributed by atoms with E-state index in [1.807, 2.05) is 43.3 Å². The number of para-hydroxylation sites is 2. The predicted octanol–water partition coefficient (Wildman–Crippen LogP) is 4.09. The van der Waals surface area contributed by atoms with Crippen LogP contribution in [0.3, 0.4) is 0 Å². The predicted molar refractivity (Wildman–Crippen MR) is 118 cm³/mol. The maximum absolute atomic E-state index is 12.6. The van der Waals surface area contributed by atoms with E-state index >= 15 is 0 Å². The fraction of sp³-hybridized carbons (Fsp3) is 0.238. The van der Waals surface area contributed by atoms with Gasteiger partial charge in [-0.25, -0.2) is 0 Å². The molecule has 154 valence electrons. The fourth-order valence-electron chi connectivity index (χ4n) is 3.27. The molecule has 0 bridgehead atoms. The van der Waals surface area contributed by atoms with Crippen LogP contribution in [0.4, 0.5) is 11.4 Å². The van der Waals surface area contributed by atoms with Crippen LogP contribution in [0.5, 0.6) is 0 Å². The van der Waals surface area contributed by atoms with Crippen molar-refractivity contribution in [1.29, 1.82) is 0 Å². The van der Waals surface area contributed by atoms with Crippen molar-refractivity contribution in [3.8, 4) is 5.69 Å². The Labute approximate surface area is 183 Å². The number of carbonyl (C=O) groups excluding carboxylic acids is 2. The Bertz CT molecular complexity index is 1100. The zero-order valence-electron chi connectivity index (χ0n) is 16.3. The lowest BCUT2D eigenvalue weighted by Gasteiger charge is -2.19. The number of nitrogens with zero attached hydrogens (tertiary/aromatic N) is 4. The minimum Gasteiger partial charge on any atom is -0.324 e. The van der Waals surface area contributed by atoms with Crippen LogP contribution in [0.2, 0.25) is 5.02 Å². The van der Waals surface area contributed by atoms with Crippen molar-refractivity contribution in [2.75, 3.05) is 22.5 Å². The van der Waals surface area contributed by atoms with Gasteiger partial charge in [0, 0.05) is 18.0 Å². The Hall–Kier alpha value is -2.84. The van der Waals surface area contributed by atoms with Gasteiger partial charge in [-0.3, -0.25) is 14.2 Å². The number of aromatic nitrogens is 3. The Morgan fingerprint density at radius 3 is 2.87 bits per heavy atom. The van der Waals surface area contributed by atoms with E-state index in [4.69, 9.17) is 11.6 Å². The number of amides is 2. The number of rotatable bonds is 6. The topological polar surface area (TPSA) is 80.1 Å². The SMILES string of the molecule is Cc1ccc(-n2cnnc2SCC(=O)Nc2ccccc2N2CCCC2=O)cc1Cl. The average molecular weight is 442 g/mol. The molecule has 3 aromatic rings. The first kappa shape index (κ1) is 20.4. The van der Waals surface area contributed by atoms with E-state index in [1.54, 1.807) is 21.9 Å². The van der Waals surface area contributed by atoms with Crippen LogP contribution in [0.25, 0.3) is 5.69 Å². The lowest BCUT2D eigenvalue weighted by atomic mass is 10.2. The van der Waals surface area contributed by atoms with Crippen molar-refractivity contribution >= 4 is 46.6 Å². The third-order valence-corrected chi connectivity index (χ3v) is 6.18. The summed E-state index contributed by atoms with van der Waals surface area (Å²) < 4.78 is 1.79. The third-order valence-electron chi connectivity index (χ3n) is 4.82. The monoisotopic (exact) mass is 441 g/mol. The van der Waals surface area contributed by atoms with Gasteiger partial charge < -0.3 is 10.2 Å². The normalized spacial score (nSPS) is 13.7. The number of anilines is 2. The molecule has 0 saturated carbocycles. The van der Waals surface area contributed by atoms with Crippen LogP contribution in [-0.2, 0) is 9.59 Å². The standard InChI is InChI=1S/C21H20ClN5O2S/c1-14-8-9-15(11-16(14)22)27-13-23-25-21(27)30-12-19(28)24-17-5-2-3-6-18(17)26-10-4-7-20(26)29/h2-3,5-6,8-9,11,13H,4,7,10,12H2,1H3,(H,24,28). The van der Waals surface area contributed by atoms with Crippen molar-refractivity contribution in [3.63, 3.8) is 0 Å². The highest BCUT2D eigenvalue weighted by atomic mass is 35.5. The minimum absolute atomic E-state index is 0.0796. The number of aryl methyl sites for hydroxylation is 1. The van der Waals surface area contributed by atoms with E-state index in [0.29, 0.717) is 28.8 Å². The van der Waals surface area contributed by atoms with Crippen LogP contribution < -0.4 is 10.2 Å². The summed E-state index contributed by atoms with van der Waals surface area (Å²) in [7, 11) is 0. The van der Waals surface area contributed by atoms with Crippen LogP contribution in [0.15, 0.2) is 53.9 Å². The third kappa shape index (κ3) is 4.34. The molecule has 1 saturated heterocycles. The molecule has 0 spiro atoms. The molecule has 2 aromatic carbocycles. The zero-order chi connectivity index (χ0) is 21.1. The molecule has 7 nitrogen and oxygen atoms in total. The van der Waals surface area contributed by atoms with E-state index < -0.39 is 0 Å². The number of hydrogen-bond acceptors (Lipinski definition) is 5. The van der Waals surface area contributed by atoms with Gasteiger partial charge in [-0.15, -0.1) is 10.2 Å². The molecule has 1 aromatic heterocycles. The van der Waals surface area contributed by atoms with Crippen molar-refractivity contribution in [1.82, 2.24) is 14.8 Å². The van der Waals surface area contributed by atoms with E-state index in [1.165, 1.54) is 11.8 Å². The number of carbonyl (C=O) groups is 2. The van der Waals surface area contributed by atoms with Gasteiger partial charge in [0.15, 0.2) is 5.16 Å². The molecule has 30 heavy (non-hydrogen) atoms. The molecule has 1 fully saturated rings. The lowest BCUT2D eigenvalue weighted by Crippen LogP contribution is -2.26. The largest absolute Gasteiger partial charge is 0.324 e. The van der Waals surface area contributed by atoms with Crippen LogP contribution in [0.1, 0.15) is 18.4 Å². The molecule has 0 unspecified atom stereocenters. The molecule has 9 heteroatoms. The molecule has 1 aliphatic rings. The van der Waals surface area contributed by atoms with Crippen LogP contribution >= 0.6 is 23.4 Å². The molecule has 1 aliphatic heterocycles. The van der Waals surface area contributed by atoms with Gasteiger partial charge in [0.1, 0.15) is 6.33 Å². The molecule has 1 N–H and O–H groups in total. The number of nitrogens with one attached hydrogen (secondary N) is 1. The Balaban J connectivity index is 1.44. The van der Waals surface area contributed by atoms with Gasteiger partial charge in [-0.1, -0.05) is 41.6 Å². The summed E-state index contributed by atoms with van der Waals surface area (Å²) in [5.74, 6) is 0.0483. The van der Waals surface area contributed by atoms with Gasteiger partial charge in [-0.05, 0) is 43.2 Å². The summed E-state index contributed by atoms with van der Waals surface area (Å²) in [5, 5.41) is 12.2. The molecular formula is C21H20ClN5O2S. The summed E-state index contributed by atoms with van der Waals surface area (Å²) in [4.78, 5) is 26.4. The number of halogens is 1. The molecule has 0 atom stereocenters. The van der Waals surface area contributed by atoms with Gasteiger partial charge in [0.2, 0.25) is 11.8 Å². The van der Waals surface area contributed by atoms with Gasteiger partial charge in [0.25, 0.3) is 0 Å². The van der Waals surface area contributed by atoms with Crippen molar-refractivity contribution in [2.24, 2.45) is 0 Å². The Morgan fingerprint density at radius 2 is 2.10 bits per heavy atom. The molecule has 2 amide bonds. The maximum Gasteiger partial charge on any atom is 0.234 e. The number of benzene rings is 2. The first-order chi connectivity index (χ1) is 14.5. The summed E-state index contributed by atoms with van der Waals surface area (Å²) in [5.41, 5.74) is 3.18. The maximum atomic E-state index is 12.6. The van der Waals surface area contributed by atoms with E-state index in [-0.39, 0.29) is 17.6 Å². The van der Waals surface area contributed by atoms with Gasteiger partial charge in [0.05, 0.1) is 22.8 Å². The Morgan fingerprint density at radius 1 is 1.27 bits per heavy atom. The van der Waals surface area contributed by atoms with Crippen molar-refractivity contribution in [2.45, 2.75) is 24.9 Å². The summed E-state index contributed by atoms with van der Waals surface area (Å²) in [6, 6.07) is 13.1. The average Bonchev–Trinajstić information content (AvgIpc) is 3.38. The summed E-state index contributed by atoms with van der Waals surface area (Å²) >= 11 is 7.51. The quantitative estimate of drug-likeness (QED) is 0.583. The van der Waals surface area contributed by atoms with Crippen molar-refractivity contribution < 1.29 is 9.59 Å². The van der Waals surface area contributed by atoms with E-state index in [2.05, 4.69) is 15.5 Å².